The van der Waals surface area contributed by atoms with Crippen LogP contribution in [-0.4, -0.2) is 35.1 Å². The van der Waals surface area contributed by atoms with Crippen molar-refractivity contribution in [2.75, 3.05) is 16.8 Å². The highest BCUT2D eigenvalue weighted by molar-refractivity contribution is 6.35. The minimum Gasteiger partial charge on any atom is -0.467 e. The van der Waals surface area contributed by atoms with Gasteiger partial charge < -0.3 is 14.6 Å². The Labute approximate surface area is 213 Å². The van der Waals surface area contributed by atoms with E-state index in [1.165, 1.54) is 29.4 Å². The zero-order valence-corrected chi connectivity index (χ0v) is 20.0. The van der Waals surface area contributed by atoms with Crippen molar-refractivity contribution >= 4 is 35.0 Å². The molecule has 0 spiro atoms. The fourth-order valence-corrected chi connectivity index (χ4v) is 4.28. The van der Waals surface area contributed by atoms with Crippen LogP contribution < -0.4 is 10.2 Å². The molecule has 5 rings (SSSR count). The highest BCUT2D eigenvalue weighted by Gasteiger charge is 2.38. The number of hydrogen-bond acceptors (Lipinski definition) is 5. The fourth-order valence-electron chi connectivity index (χ4n) is 4.28. The SMILES string of the molecule is Cc1ccccc1N1C(=O)c2ccc(C(=O)N(CC(=O)Nc3ccccc3)Cc3ccco3)cc2C1=O. The number of benzene rings is 3. The topological polar surface area (TPSA) is 99.9 Å². The van der Waals surface area contributed by atoms with Crippen LogP contribution >= 0.6 is 0 Å². The number of nitrogens with zero attached hydrogens (tertiary/aromatic N) is 2. The third kappa shape index (κ3) is 4.77. The van der Waals surface area contributed by atoms with Crippen LogP contribution in [0.4, 0.5) is 11.4 Å². The zero-order valence-electron chi connectivity index (χ0n) is 20.0. The molecule has 4 amide bonds. The molecule has 0 fully saturated rings. The molecule has 184 valence electrons. The van der Waals surface area contributed by atoms with Crippen molar-refractivity contribution in [2.45, 2.75) is 13.5 Å². The predicted octanol–water partition coefficient (Wildman–Crippen LogP) is 4.67. The van der Waals surface area contributed by atoms with Gasteiger partial charge in [0.1, 0.15) is 12.3 Å². The summed E-state index contributed by atoms with van der Waals surface area (Å²) in [4.78, 5) is 55.1. The number of fused-ring (bicyclic) bond motifs is 1. The molecule has 1 aliphatic heterocycles. The summed E-state index contributed by atoms with van der Waals surface area (Å²) in [5.41, 5.74) is 2.44. The standard InChI is InChI=1S/C29H23N3O5/c1-19-8-5-6-12-25(19)32-28(35)23-14-13-20(16-24(23)29(32)36)27(34)31(17-22-11-7-15-37-22)18-26(33)30-21-9-3-2-4-10-21/h2-16H,17-18H2,1H3,(H,30,33). The van der Waals surface area contributed by atoms with E-state index < -0.39 is 17.7 Å². The monoisotopic (exact) mass is 493 g/mol. The minimum atomic E-state index is -0.497. The summed E-state index contributed by atoms with van der Waals surface area (Å²) in [6.45, 7) is 1.63. The average molecular weight is 494 g/mol. The molecule has 1 aliphatic rings. The lowest BCUT2D eigenvalue weighted by Gasteiger charge is -2.21. The van der Waals surface area contributed by atoms with Gasteiger partial charge in [-0.2, -0.15) is 0 Å². The van der Waals surface area contributed by atoms with Crippen LogP contribution in [0.5, 0.6) is 0 Å². The van der Waals surface area contributed by atoms with Gasteiger partial charge in [0.25, 0.3) is 17.7 Å². The van der Waals surface area contributed by atoms with E-state index in [0.717, 1.165) is 10.5 Å². The number of carbonyl (C=O) groups is 4. The molecular weight excluding hydrogens is 470 g/mol. The van der Waals surface area contributed by atoms with E-state index in [9.17, 15) is 19.2 Å². The first-order chi connectivity index (χ1) is 17.9. The Balaban J connectivity index is 1.41. The van der Waals surface area contributed by atoms with E-state index >= 15 is 0 Å². The third-order valence-corrected chi connectivity index (χ3v) is 6.10. The number of aryl methyl sites for hydroxylation is 1. The lowest BCUT2D eigenvalue weighted by molar-refractivity contribution is -0.117. The molecule has 4 aromatic rings. The van der Waals surface area contributed by atoms with E-state index in [2.05, 4.69) is 5.32 Å². The van der Waals surface area contributed by atoms with E-state index in [1.54, 1.807) is 48.5 Å². The van der Waals surface area contributed by atoms with Crippen LogP contribution in [0.15, 0.2) is 95.6 Å². The molecule has 3 aromatic carbocycles. The van der Waals surface area contributed by atoms with Crippen LogP contribution in [0, 0.1) is 6.92 Å². The van der Waals surface area contributed by atoms with Crippen molar-refractivity contribution in [3.8, 4) is 0 Å². The van der Waals surface area contributed by atoms with E-state index in [-0.39, 0.29) is 35.7 Å². The van der Waals surface area contributed by atoms with Crippen molar-refractivity contribution in [3.63, 3.8) is 0 Å². The minimum absolute atomic E-state index is 0.0489. The second kappa shape index (κ2) is 9.94. The number of furan rings is 1. The van der Waals surface area contributed by atoms with Crippen molar-refractivity contribution in [2.24, 2.45) is 0 Å². The number of imide groups is 1. The Morgan fingerprint density at radius 3 is 2.32 bits per heavy atom. The molecule has 2 heterocycles. The quantitative estimate of drug-likeness (QED) is 0.377. The normalized spacial score (nSPS) is 12.4. The lowest BCUT2D eigenvalue weighted by Crippen LogP contribution is -2.37. The van der Waals surface area contributed by atoms with Gasteiger partial charge in [-0.1, -0.05) is 36.4 Å². The second-order valence-electron chi connectivity index (χ2n) is 8.65. The first-order valence-electron chi connectivity index (χ1n) is 11.7. The highest BCUT2D eigenvalue weighted by atomic mass is 16.3. The van der Waals surface area contributed by atoms with Crippen molar-refractivity contribution in [1.82, 2.24) is 4.90 Å². The molecule has 0 saturated carbocycles. The van der Waals surface area contributed by atoms with Gasteiger partial charge in [0.15, 0.2) is 0 Å². The van der Waals surface area contributed by atoms with E-state index in [1.807, 2.05) is 25.1 Å². The van der Waals surface area contributed by atoms with Gasteiger partial charge in [-0.05, 0) is 61.0 Å². The molecular formula is C29H23N3O5. The summed E-state index contributed by atoms with van der Waals surface area (Å²) in [6, 6.07) is 23.8. The maximum absolute atomic E-state index is 13.5. The van der Waals surface area contributed by atoms with Gasteiger partial charge in [0, 0.05) is 11.3 Å². The van der Waals surface area contributed by atoms with Crippen LogP contribution in [0.1, 0.15) is 42.4 Å². The van der Waals surface area contributed by atoms with Gasteiger partial charge in [-0.3, -0.25) is 19.2 Å². The number of anilines is 2. The summed E-state index contributed by atoms with van der Waals surface area (Å²) in [5, 5.41) is 2.77. The first kappa shape index (κ1) is 23.7. The molecule has 0 unspecified atom stereocenters. The number of nitrogens with one attached hydrogen (secondary N) is 1. The number of para-hydroxylation sites is 2. The summed E-state index contributed by atoms with van der Waals surface area (Å²) in [7, 11) is 0. The molecule has 8 heteroatoms. The maximum Gasteiger partial charge on any atom is 0.266 e. The smallest absolute Gasteiger partial charge is 0.266 e. The van der Waals surface area contributed by atoms with Gasteiger partial charge in [0.2, 0.25) is 5.91 Å². The van der Waals surface area contributed by atoms with Gasteiger partial charge >= 0.3 is 0 Å². The van der Waals surface area contributed by atoms with Gasteiger partial charge in [-0.25, -0.2) is 4.90 Å². The number of rotatable bonds is 7. The molecule has 0 saturated heterocycles. The predicted molar refractivity (Wildman–Crippen MR) is 137 cm³/mol. The Kier molecular flexibility index (Phi) is 6.38. The molecule has 1 aromatic heterocycles. The van der Waals surface area contributed by atoms with Crippen LogP contribution in [-0.2, 0) is 11.3 Å². The number of carbonyl (C=O) groups excluding carboxylic acids is 4. The van der Waals surface area contributed by atoms with Crippen molar-refractivity contribution in [3.05, 3.63) is 119 Å². The van der Waals surface area contributed by atoms with Crippen LogP contribution in [0.25, 0.3) is 0 Å². The van der Waals surface area contributed by atoms with E-state index in [0.29, 0.717) is 17.1 Å². The fraction of sp³-hybridized carbons (Fsp3) is 0.103. The summed E-state index contributed by atoms with van der Waals surface area (Å²) in [6.07, 6.45) is 1.49. The van der Waals surface area contributed by atoms with Crippen molar-refractivity contribution in [1.29, 1.82) is 0 Å². The molecule has 0 radical (unpaired) electrons. The van der Waals surface area contributed by atoms with Crippen LogP contribution in [0.2, 0.25) is 0 Å². The third-order valence-electron chi connectivity index (χ3n) is 6.10. The Bertz CT molecular complexity index is 1500. The van der Waals surface area contributed by atoms with Gasteiger partial charge in [0.05, 0.1) is 29.6 Å². The largest absolute Gasteiger partial charge is 0.467 e. The Hall–Kier alpha value is -4.98. The molecule has 0 aliphatic carbocycles. The van der Waals surface area contributed by atoms with E-state index in [4.69, 9.17) is 4.42 Å². The Morgan fingerprint density at radius 2 is 1.59 bits per heavy atom. The maximum atomic E-state index is 13.5. The number of amides is 4. The summed E-state index contributed by atoms with van der Waals surface area (Å²) in [5.74, 6) is -1.30. The lowest BCUT2D eigenvalue weighted by atomic mass is 10.0. The van der Waals surface area contributed by atoms with Crippen molar-refractivity contribution < 1.29 is 23.6 Å². The number of hydrogen-bond donors (Lipinski definition) is 1. The second-order valence-corrected chi connectivity index (χ2v) is 8.65. The molecule has 37 heavy (non-hydrogen) atoms. The molecule has 8 nitrogen and oxygen atoms in total. The molecule has 1 N–H and O–H groups in total. The summed E-state index contributed by atoms with van der Waals surface area (Å²) >= 11 is 0. The first-order valence-corrected chi connectivity index (χ1v) is 11.7. The van der Waals surface area contributed by atoms with Crippen LogP contribution in [0.3, 0.4) is 0 Å². The zero-order chi connectivity index (χ0) is 25.9. The highest BCUT2D eigenvalue weighted by Crippen LogP contribution is 2.31. The average Bonchev–Trinajstić information content (AvgIpc) is 3.50. The Morgan fingerprint density at radius 1 is 0.865 bits per heavy atom. The molecule has 0 atom stereocenters. The summed E-state index contributed by atoms with van der Waals surface area (Å²) < 4.78 is 5.40. The van der Waals surface area contributed by atoms with Gasteiger partial charge in [-0.15, -0.1) is 0 Å². The molecule has 0 bridgehead atoms.